The molecule has 1 aliphatic rings. The molecule has 0 spiro atoms. The van der Waals surface area contributed by atoms with Crippen molar-refractivity contribution in [1.29, 1.82) is 0 Å². The molecule has 2 rings (SSSR count). The molecule has 1 aromatic rings. The van der Waals surface area contributed by atoms with Gasteiger partial charge in [0.25, 0.3) is 0 Å². The number of rotatable bonds is 5. The van der Waals surface area contributed by atoms with Crippen LogP contribution in [0.15, 0.2) is 10.6 Å². The number of amides is 2. The maximum absolute atomic E-state index is 12.2. The van der Waals surface area contributed by atoms with Gasteiger partial charge in [-0.15, -0.1) is 0 Å². The van der Waals surface area contributed by atoms with Gasteiger partial charge in [0, 0.05) is 25.6 Å². The second-order valence-corrected chi connectivity index (χ2v) is 5.90. The van der Waals surface area contributed by atoms with Crippen LogP contribution in [0.1, 0.15) is 57.5 Å². The molecule has 0 aliphatic carbocycles. The molecule has 0 unspecified atom stereocenters. The summed E-state index contributed by atoms with van der Waals surface area (Å²) in [6, 6.07) is 2.08. The van der Waals surface area contributed by atoms with Crippen molar-refractivity contribution in [2.75, 3.05) is 13.1 Å². The van der Waals surface area contributed by atoms with Crippen molar-refractivity contribution in [3.05, 3.63) is 17.5 Å². The van der Waals surface area contributed by atoms with Crippen LogP contribution >= 0.6 is 0 Å². The third-order valence-electron chi connectivity index (χ3n) is 3.59. The van der Waals surface area contributed by atoms with E-state index < -0.39 is 0 Å². The van der Waals surface area contributed by atoms with Crippen molar-refractivity contribution in [3.8, 4) is 0 Å². The molecule has 1 N–H and O–H groups in total. The maximum Gasteiger partial charge on any atom is 0.317 e. The average molecular weight is 279 g/mol. The number of hydrogen-bond donors (Lipinski definition) is 1. The van der Waals surface area contributed by atoms with Crippen LogP contribution in [0.4, 0.5) is 4.79 Å². The van der Waals surface area contributed by atoms with Crippen LogP contribution in [0.25, 0.3) is 0 Å². The average Bonchev–Trinajstić information content (AvgIpc) is 3.04. The van der Waals surface area contributed by atoms with Gasteiger partial charge in [-0.2, -0.15) is 0 Å². The minimum Gasteiger partial charge on any atom is -0.361 e. The van der Waals surface area contributed by atoms with E-state index in [4.69, 9.17) is 4.52 Å². The van der Waals surface area contributed by atoms with Crippen LogP contribution in [0.2, 0.25) is 0 Å². The molecule has 0 saturated carbocycles. The largest absolute Gasteiger partial charge is 0.361 e. The molecule has 2 amide bonds. The Morgan fingerprint density at radius 3 is 3.10 bits per heavy atom. The predicted octanol–water partition coefficient (Wildman–Crippen LogP) is 3.13. The van der Waals surface area contributed by atoms with Crippen molar-refractivity contribution in [2.24, 2.45) is 5.92 Å². The Balaban J connectivity index is 2.00. The fourth-order valence-electron chi connectivity index (χ4n) is 2.56. The Labute approximate surface area is 120 Å². The lowest BCUT2D eigenvalue weighted by atomic mass is 10.1. The molecule has 20 heavy (non-hydrogen) atoms. The summed E-state index contributed by atoms with van der Waals surface area (Å²) in [6.07, 6.45) is 3.93. The lowest BCUT2D eigenvalue weighted by Gasteiger charge is -2.23. The van der Waals surface area contributed by atoms with Gasteiger partial charge in [0.15, 0.2) is 0 Å². The van der Waals surface area contributed by atoms with E-state index in [9.17, 15) is 4.79 Å². The van der Waals surface area contributed by atoms with Crippen LogP contribution in [-0.2, 0) is 6.42 Å². The molecule has 2 heterocycles. The number of aromatic nitrogens is 1. The van der Waals surface area contributed by atoms with Crippen LogP contribution < -0.4 is 5.32 Å². The molecule has 5 nitrogen and oxygen atoms in total. The van der Waals surface area contributed by atoms with E-state index in [-0.39, 0.29) is 12.1 Å². The SMILES string of the molecule is CCCc1cc([C@H]2CCCN2C(=O)NCC(C)C)no1. The molecule has 1 saturated heterocycles. The molecule has 112 valence electrons. The van der Waals surface area contributed by atoms with Gasteiger partial charge in [-0.3, -0.25) is 0 Å². The Morgan fingerprint density at radius 1 is 1.60 bits per heavy atom. The number of urea groups is 1. The first kappa shape index (κ1) is 14.9. The van der Waals surface area contributed by atoms with Gasteiger partial charge in [-0.25, -0.2) is 4.79 Å². The second kappa shape index (κ2) is 6.77. The molecule has 1 aliphatic heterocycles. The summed E-state index contributed by atoms with van der Waals surface area (Å²) in [5.41, 5.74) is 0.894. The summed E-state index contributed by atoms with van der Waals surface area (Å²) in [5, 5.41) is 7.13. The number of carbonyl (C=O) groups is 1. The van der Waals surface area contributed by atoms with Gasteiger partial charge in [0.05, 0.1) is 6.04 Å². The van der Waals surface area contributed by atoms with Crippen LogP contribution in [-0.4, -0.2) is 29.2 Å². The number of nitrogens with zero attached hydrogens (tertiary/aromatic N) is 2. The van der Waals surface area contributed by atoms with Gasteiger partial charge >= 0.3 is 6.03 Å². The predicted molar refractivity (Wildman–Crippen MR) is 77.4 cm³/mol. The Morgan fingerprint density at radius 2 is 2.40 bits per heavy atom. The summed E-state index contributed by atoms with van der Waals surface area (Å²) < 4.78 is 5.34. The fourth-order valence-corrected chi connectivity index (χ4v) is 2.56. The summed E-state index contributed by atoms with van der Waals surface area (Å²) in [4.78, 5) is 14.1. The highest BCUT2D eigenvalue weighted by molar-refractivity contribution is 5.75. The van der Waals surface area contributed by atoms with Gasteiger partial charge < -0.3 is 14.7 Å². The normalized spacial score (nSPS) is 18.8. The van der Waals surface area contributed by atoms with Crippen molar-refractivity contribution >= 4 is 6.03 Å². The minimum atomic E-state index is 0.0150. The molecule has 0 bridgehead atoms. The van der Waals surface area contributed by atoms with Gasteiger partial charge in [0.2, 0.25) is 0 Å². The first-order valence-corrected chi connectivity index (χ1v) is 7.61. The molecule has 0 aromatic carbocycles. The maximum atomic E-state index is 12.2. The Hall–Kier alpha value is -1.52. The van der Waals surface area contributed by atoms with Crippen molar-refractivity contribution in [3.63, 3.8) is 0 Å². The van der Waals surface area contributed by atoms with Crippen molar-refractivity contribution < 1.29 is 9.32 Å². The highest BCUT2D eigenvalue weighted by atomic mass is 16.5. The molecule has 0 radical (unpaired) electrons. The van der Waals surface area contributed by atoms with Gasteiger partial charge in [-0.05, 0) is 25.2 Å². The zero-order valence-electron chi connectivity index (χ0n) is 12.7. The highest BCUT2D eigenvalue weighted by Crippen LogP contribution is 2.31. The zero-order valence-corrected chi connectivity index (χ0v) is 12.7. The topological polar surface area (TPSA) is 58.4 Å². The molecule has 1 atom stereocenters. The molecular formula is C15H25N3O2. The monoisotopic (exact) mass is 279 g/mol. The Bertz CT molecular complexity index is 442. The van der Waals surface area contributed by atoms with Crippen LogP contribution in [0.5, 0.6) is 0 Å². The molecular weight excluding hydrogens is 254 g/mol. The number of likely N-dealkylation sites (tertiary alicyclic amines) is 1. The number of carbonyl (C=O) groups excluding carboxylic acids is 1. The van der Waals surface area contributed by atoms with E-state index in [1.54, 1.807) is 0 Å². The molecule has 5 heteroatoms. The summed E-state index contributed by atoms with van der Waals surface area (Å²) in [5.74, 6) is 1.38. The highest BCUT2D eigenvalue weighted by Gasteiger charge is 2.32. The summed E-state index contributed by atoms with van der Waals surface area (Å²) >= 11 is 0. The second-order valence-electron chi connectivity index (χ2n) is 5.90. The van der Waals surface area contributed by atoms with Gasteiger partial charge in [-0.1, -0.05) is 25.9 Å². The third kappa shape index (κ3) is 3.52. The van der Waals surface area contributed by atoms with E-state index in [0.29, 0.717) is 12.5 Å². The first-order valence-electron chi connectivity index (χ1n) is 7.61. The number of aryl methyl sites for hydroxylation is 1. The van der Waals surface area contributed by atoms with Crippen molar-refractivity contribution in [1.82, 2.24) is 15.4 Å². The minimum absolute atomic E-state index is 0.0150. The first-order chi connectivity index (χ1) is 9.61. The third-order valence-corrected chi connectivity index (χ3v) is 3.59. The van der Waals surface area contributed by atoms with E-state index in [1.807, 2.05) is 11.0 Å². The van der Waals surface area contributed by atoms with E-state index >= 15 is 0 Å². The van der Waals surface area contributed by atoms with Crippen molar-refractivity contribution in [2.45, 2.75) is 52.5 Å². The zero-order chi connectivity index (χ0) is 14.5. The summed E-state index contributed by atoms with van der Waals surface area (Å²) in [6.45, 7) is 7.81. The fraction of sp³-hybridized carbons (Fsp3) is 0.733. The standard InChI is InChI=1S/C15H25N3O2/c1-4-6-12-9-13(17-20-12)14-7-5-8-18(14)15(19)16-10-11(2)3/h9,11,14H,4-8,10H2,1-3H3,(H,16,19)/t14-/m1/s1. The van der Waals surface area contributed by atoms with E-state index in [2.05, 4.69) is 31.2 Å². The lowest BCUT2D eigenvalue weighted by Crippen LogP contribution is -2.40. The molecule has 1 fully saturated rings. The Kier molecular flexibility index (Phi) is 5.04. The lowest BCUT2D eigenvalue weighted by molar-refractivity contribution is 0.189. The number of hydrogen-bond acceptors (Lipinski definition) is 3. The van der Waals surface area contributed by atoms with E-state index in [1.165, 1.54) is 0 Å². The van der Waals surface area contributed by atoms with Crippen LogP contribution in [0.3, 0.4) is 0 Å². The quantitative estimate of drug-likeness (QED) is 0.901. The summed E-state index contributed by atoms with van der Waals surface area (Å²) in [7, 11) is 0. The molecule has 1 aromatic heterocycles. The van der Waals surface area contributed by atoms with E-state index in [0.717, 1.165) is 43.7 Å². The van der Waals surface area contributed by atoms with Gasteiger partial charge in [0.1, 0.15) is 11.5 Å². The van der Waals surface area contributed by atoms with Crippen LogP contribution in [0, 0.1) is 5.92 Å². The number of nitrogens with one attached hydrogen (secondary N) is 1. The smallest absolute Gasteiger partial charge is 0.317 e.